The summed E-state index contributed by atoms with van der Waals surface area (Å²) in [7, 11) is -3.48. The number of sulfonamides is 1. The van der Waals surface area contributed by atoms with Gasteiger partial charge >= 0.3 is 0 Å². The van der Waals surface area contributed by atoms with Gasteiger partial charge in [-0.3, -0.25) is 14.8 Å². The van der Waals surface area contributed by atoms with Gasteiger partial charge in [0.05, 0.1) is 12.3 Å². The normalized spacial score (nSPS) is 23.8. The second kappa shape index (κ2) is 5.07. The lowest BCUT2D eigenvalue weighted by molar-refractivity contribution is -0.121. The van der Waals surface area contributed by atoms with Crippen molar-refractivity contribution in [2.75, 3.05) is 6.26 Å². The van der Waals surface area contributed by atoms with Gasteiger partial charge in [0.1, 0.15) is 0 Å². The fraction of sp³-hybridized carbons (Fsp3) is 0.417. The summed E-state index contributed by atoms with van der Waals surface area (Å²) in [6, 6.07) is 9.49. The van der Waals surface area contributed by atoms with Crippen LogP contribution < -0.4 is 10.0 Å². The van der Waals surface area contributed by atoms with E-state index < -0.39 is 22.0 Å². The molecule has 5 nitrogen and oxygen atoms in total. The third-order valence-electron chi connectivity index (χ3n) is 2.95. The zero-order chi connectivity index (χ0) is 13.2. The van der Waals surface area contributed by atoms with Crippen LogP contribution in [0.3, 0.4) is 0 Å². The lowest BCUT2D eigenvalue weighted by atomic mass is 10.1. The summed E-state index contributed by atoms with van der Waals surface area (Å²) >= 11 is 0. The van der Waals surface area contributed by atoms with Crippen LogP contribution in [0.4, 0.5) is 0 Å². The van der Waals surface area contributed by atoms with Crippen LogP contribution in [0.5, 0.6) is 0 Å². The summed E-state index contributed by atoms with van der Waals surface area (Å²) in [6.45, 7) is 0. The van der Waals surface area contributed by atoms with E-state index in [1.807, 2.05) is 35.1 Å². The van der Waals surface area contributed by atoms with Gasteiger partial charge in [0.25, 0.3) is 5.91 Å². The summed E-state index contributed by atoms with van der Waals surface area (Å²) < 4.78 is 24.0. The molecule has 0 bridgehead atoms. The van der Waals surface area contributed by atoms with E-state index in [1.165, 1.54) is 0 Å². The summed E-state index contributed by atoms with van der Waals surface area (Å²) in [5.74, 6) is -0.476. The number of hydrogen-bond donors (Lipinski definition) is 2. The van der Waals surface area contributed by atoms with Crippen molar-refractivity contribution in [3.8, 4) is 0 Å². The predicted octanol–water partition coefficient (Wildman–Crippen LogP) is 0.555. The first-order valence-electron chi connectivity index (χ1n) is 5.78. The smallest absolute Gasteiger partial charge is 0.250 e. The van der Waals surface area contributed by atoms with Crippen molar-refractivity contribution in [1.29, 1.82) is 0 Å². The molecule has 1 saturated heterocycles. The minimum absolute atomic E-state index is 0.113. The molecule has 0 aromatic heterocycles. The van der Waals surface area contributed by atoms with E-state index in [1.54, 1.807) is 0 Å². The van der Waals surface area contributed by atoms with Crippen LogP contribution in [0, 0.1) is 0 Å². The molecular weight excluding hydrogens is 252 g/mol. The molecule has 98 valence electrons. The van der Waals surface area contributed by atoms with Crippen LogP contribution in [0.15, 0.2) is 30.3 Å². The van der Waals surface area contributed by atoms with Crippen molar-refractivity contribution in [1.82, 2.24) is 10.0 Å². The number of carbonyl (C=O) groups excluding carboxylic acids is 1. The molecule has 2 N–H and O–H groups in total. The summed E-state index contributed by atoms with van der Waals surface area (Å²) in [6.07, 6.45) is 2.45. The zero-order valence-electron chi connectivity index (χ0n) is 10.1. The average molecular weight is 268 g/mol. The quantitative estimate of drug-likeness (QED) is 0.839. The first-order valence-corrected chi connectivity index (χ1v) is 7.67. The van der Waals surface area contributed by atoms with Crippen LogP contribution in [-0.4, -0.2) is 26.6 Å². The molecule has 1 aliphatic heterocycles. The Kier molecular flexibility index (Phi) is 3.68. The summed E-state index contributed by atoms with van der Waals surface area (Å²) in [5.41, 5.74) is 1.12. The Labute approximate surface area is 107 Å². The maximum Gasteiger partial charge on any atom is 0.250 e. The number of benzene rings is 1. The van der Waals surface area contributed by atoms with Gasteiger partial charge in [0.15, 0.2) is 0 Å². The molecule has 18 heavy (non-hydrogen) atoms. The van der Waals surface area contributed by atoms with Crippen molar-refractivity contribution in [3.05, 3.63) is 35.9 Å². The largest absolute Gasteiger partial charge is 0.299 e. The third kappa shape index (κ3) is 3.30. The second-order valence-electron chi connectivity index (χ2n) is 4.50. The molecule has 1 aromatic rings. The minimum Gasteiger partial charge on any atom is -0.299 e. The first-order chi connectivity index (χ1) is 8.46. The first kappa shape index (κ1) is 13.0. The van der Waals surface area contributed by atoms with E-state index in [2.05, 4.69) is 5.32 Å². The molecule has 1 fully saturated rings. The topological polar surface area (TPSA) is 75.3 Å². The predicted molar refractivity (Wildman–Crippen MR) is 68.3 cm³/mol. The van der Waals surface area contributed by atoms with Gasteiger partial charge in [-0.1, -0.05) is 30.3 Å². The molecule has 0 aliphatic carbocycles. The van der Waals surface area contributed by atoms with E-state index in [4.69, 9.17) is 0 Å². The highest BCUT2D eigenvalue weighted by Crippen LogP contribution is 2.26. The standard InChI is InChI=1S/C12H16N2O3S/c1-18(16,17)14-12(15)11-8-7-10(13-11)9-5-3-2-4-6-9/h2-6,10-11,13H,7-8H2,1H3,(H,14,15). The Morgan fingerprint density at radius 2 is 1.94 bits per heavy atom. The second-order valence-corrected chi connectivity index (χ2v) is 6.25. The monoisotopic (exact) mass is 268 g/mol. The fourth-order valence-corrected chi connectivity index (χ4v) is 2.66. The summed E-state index contributed by atoms with van der Waals surface area (Å²) in [5, 5.41) is 3.15. The lowest BCUT2D eigenvalue weighted by Crippen LogP contribution is -2.43. The zero-order valence-corrected chi connectivity index (χ0v) is 10.9. The van der Waals surface area contributed by atoms with Gasteiger partial charge in [-0.15, -0.1) is 0 Å². The van der Waals surface area contributed by atoms with Gasteiger partial charge in [-0.2, -0.15) is 0 Å². The van der Waals surface area contributed by atoms with E-state index in [0.29, 0.717) is 6.42 Å². The van der Waals surface area contributed by atoms with Crippen molar-refractivity contribution in [3.63, 3.8) is 0 Å². The fourth-order valence-electron chi connectivity index (χ4n) is 2.15. The third-order valence-corrected chi connectivity index (χ3v) is 3.52. The van der Waals surface area contributed by atoms with Gasteiger partial charge < -0.3 is 0 Å². The number of amides is 1. The molecule has 2 atom stereocenters. The lowest BCUT2D eigenvalue weighted by Gasteiger charge is -2.14. The molecule has 1 aromatic carbocycles. The molecule has 1 heterocycles. The maximum atomic E-state index is 11.7. The Morgan fingerprint density at radius 3 is 2.56 bits per heavy atom. The number of carbonyl (C=O) groups is 1. The Balaban J connectivity index is 1.99. The van der Waals surface area contributed by atoms with Crippen LogP contribution >= 0.6 is 0 Å². The number of nitrogens with one attached hydrogen (secondary N) is 2. The molecular formula is C12H16N2O3S. The van der Waals surface area contributed by atoms with Crippen LogP contribution in [0.25, 0.3) is 0 Å². The maximum absolute atomic E-state index is 11.7. The molecule has 6 heteroatoms. The highest BCUT2D eigenvalue weighted by Gasteiger charge is 2.30. The Bertz CT molecular complexity index is 528. The van der Waals surface area contributed by atoms with Crippen LogP contribution in [0.2, 0.25) is 0 Å². The Morgan fingerprint density at radius 1 is 1.28 bits per heavy atom. The van der Waals surface area contributed by atoms with E-state index in [-0.39, 0.29) is 6.04 Å². The number of rotatable bonds is 3. The molecule has 1 amide bonds. The minimum atomic E-state index is -3.48. The molecule has 0 saturated carbocycles. The number of hydrogen-bond acceptors (Lipinski definition) is 4. The summed E-state index contributed by atoms with van der Waals surface area (Å²) in [4.78, 5) is 11.7. The van der Waals surface area contributed by atoms with E-state index in [0.717, 1.165) is 18.2 Å². The van der Waals surface area contributed by atoms with Gasteiger partial charge in [0.2, 0.25) is 10.0 Å². The molecule has 0 spiro atoms. The van der Waals surface area contributed by atoms with Gasteiger partial charge in [-0.05, 0) is 18.4 Å². The van der Waals surface area contributed by atoms with Gasteiger partial charge in [0, 0.05) is 6.04 Å². The van der Waals surface area contributed by atoms with Crippen molar-refractivity contribution < 1.29 is 13.2 Å². The van der Waals surface area contributed by atoms with Crippen molar-refractivity contribution in [2.45, 2.75) is 24.9 Å². The van der Waals surface area contributed by atoms with Gasteiger partial charge in [-0.25, -0.2) is 8.42 Å². The molecule has 1 aliphatic rings. The molecule has 2 rings (SSSR count). The highest BCUT2D eigenvalue weighted by molar-refractivity contribution is 7.89. The van der Waals surface area contributed by atoms with E-state index >= 15 is 0 Å². The highest BCUT2D eigenvalue weighted by atomic mass is 32.2. The van der Waals surface area contributed by atoms with Crippen LogP contribution in [-0.2, 0) is 14.8 Å². The molecule has 0 radical (unpaired) electrons. The molecule has 2 unspecified atom stereocenters. The van der Waals surface area contributed by atoms with E-state index in [9.17, 15) is 13.2 Å². The van der Waals surface area contributed by atoms with Crippen molar-refractivity contribution in [2.24, 2.45) is 0 Å². The van der Waals surface area contributed by atoms with Crippen molar-refractivity contribution >= 4 is 15.9 Å². The average Bonchev–Trinajstić information content (AvgIpc) is 2.77. The van der Waals surface area contributed by atoms with Crippen LogP contribution in [0.1, 0.15) is 24.4 Å². The SMILES string of the molecule is CS(=O)(=O)NC(=O)C1CCC(c2ccccc2)N1. The Hall–Kier alpha value is -1.40.